The van der Waals surface area contributed by atoms with Gasteiger partial charge in [-0.3, -0.25) is 0 Å². The average molecular weight is 244 g/mol. The summed E-state index contributed by atoms with van der Waals surface area (Å²) in [5.41, 5.74) is 10.3. The number of fused-ring (bicyclic) bond motifs is 3. The van der Waals surface area contributed by atoms with E-state index in [1.54, 1.807) is 0 Å². The Morgan fingerprint density at radius 1 is 1.44 bits per heavy atom. The van der Waals surface area contributed by atoms with Gasteiger partial charge in [0.05, 0.1) is 6.61 Å². The van der Waals surface area contributed by atoms with Crippen LogP contribution in [0.3, 0.4) is 0 Å². The van der Waals surface area contributed by atoms with Gasteiger partial charge in [-0.25, -0.2) is 0 Å². The van der Waals surface area contributed by atoms with Crippen LogP contribution in [0.5, 0.6) is 5.75 Å². The van der Waals surface area contributed by atoms with Crippen molar-refractivity contribution in [1.29, 1.82) is 0 Å². The van der Waals surface area contributed by atoms with Gasteiger partial charge >= 0.3 is 0 Å². The summed E-state index contributed by atoms with van der Waals surface area (Å²) in [5.74, 6) is 0.956. The maximum Gasteiger partial charge on any atom is 0.120 e. The highest BCUT2D eigenvalue weighted by atomic mass is 16.5. The summed E-state index contributed by atoms with van der Waals surface area (Å²) in [6, 6.07) is 6.68. The van der Waals surface area contributed by atoms with Gasteiger partial charge in [0.25, 0.3) is 0 Å². The third kappa shape index (κ3) is 1.70. The van der Waals surface area contributed by atoms with Crippen molar-refractivity contribution in [2.75, 3.05) is 6.61 Å². The number of nitrogens with zero attached hydrogens (tertiary/aromatic N) is 1. The van der Waals surface area contributed by atoms with E-state index in [1.807, 2.05) is 6.92 Å². The van der Waals surface area contributed by atoms with Gasteiger partial charge in [0.1, 0.15) is 5.75 Å². The lowest BCUT2D eigenvalue weighted by molar-refractivity contribution is 0.340. The number of benzene rings is 1. The number of aromatic nitrogens is 1. The van der Waals surface area contributed by atoms with Crippen LogP contribution in [0.15, 0.2) is 18.2 Å². The first-order valence-electron chi connectivity index (χ1n) is 6.69. The molecule has 2 N–H and O–H groups in total. The summed E-state index contributed by atoms with van der Waals surface area (Å²) in [7, 11) is 2.15. The molecule has 3 nitrogen and oxygen atoms in total. The molecule has 1 atom stereocenters. The van der Waals surface area contributed by atoms with Crippen LogP contribution in [-0.4, -0.2) is 17.2 Å². The zero-order valence-electron chi connectivity index (χ0n) is 11.1. The van der Waals surface area contributed by atoms with Gasteiger partial charge in [-0.1, -0.05) is 0 Å². The molecule has 3 heteroatoms. The molecule has 0 fully saturated rings. The quantitative estimate of drug-likeness (QED) is 0.881. The minimum absolute atomic E-state index is 0.304. The first-order chi connectivity index (χ1) is 8.70. The largest absolute Gasteiger partial charge is 0.494 e. The lowest BCUT2D eigenvalue weighted by Crippen LogP contribution is -2.28. The van der Waals surface area contributed by atoms with Crippen LogP contribution >= 0.6 is 0 Å². The number of rotatable bonds is 2. The Kier molecular flexibility index (Phi) is 2.78. The molecule has 0 amide bonds. The molecule has 3 rings (SSSR count). The summed E-state index contributed by atoms with van der Waals surface area (Å²) < 4.78 is 7.91. The topological polar surface area (TPSA) is 40.2 Å². The second-order valence-electron chi connectivity index (χ2n) is 5.10. The highest BCUT2D eigenvalue weighted by Crippen LogP contribution is 2.33. The van der Waals surface area contributed by atoms with Crippen molar-refractivity contribution >= 4 is 10.9 Å². The average Bonchev–Trinajstić information content (AvgIpc) is 2.63. The van der Waals surface area contributed by atoms with Crippen LogP contribution in [0, 0.1) is 0 Å². The van der Waals surface area contributed by atoms with Crippen molar-refractivity contribution in [3.8, 4) is 5.75 Å². The van der Waals surface area contributed by atoms with Gasteiger partial charge < -0.3 is 15.0 Å². The highest BCUT2D eigenvalue weighted by Gasteiger charge is 2.22. The fourth-order valence-electron chi connectivity index (χ4n) is 3.04. The molecule has 96 valence electrons. The molecule has 0 saturated heterocycles. The maximum absolute atomic E-state index is 6.11. The van der Waals surface area contributed by atoms with Crippen molar-refractivity contribution in [2.45, 2.75) is 32.2 Å². The van der Waals surface area contributed by atoms with Gasteiger partial charge in [0, 0.05) is 29.7 Å². The second kappa shape index (κ2) is 4.32. The van der Waals surface area contributed by atoms with E-state index in [1.165, 1.54) is 22.2 Å². The molecule has 0 saturated carbocycles. The van der Waals surface area contributed by atoms with Gasteiger partial charge in [-0.15, -0.1) is 0 Å². The van der Waals surface area contributed by atoms with Crippen molar-refractivity contribution in [3.05, 3.63) is 29.5 Å². The first kappa shape index (κ1) is 11.6. The highest BCUT2D eigenvalue weighted by molar-refractivity contribution is 5.87. The van der Waals surface area contributed by atoms with Crippen LogP contribution in [0.25, 0.3) is 10.9 Å². The molecule has 1 unspecified atom stereocenters. The van der Waals surface area contributed by atoms with Gasteiger partial charge in [0.15, 0.2) is 0 Å². The second-order valence-corrected chi connectivity index (χ2v) is 5.10. The Balaban J connectivity index is 2.18. The standard InChI is InChI=1S/C15H20N2O/c1-3-18-11-5-7-15-13(9-11)12-8-10(16)4-6-14(12)17(15)2/h5,7,9-10H,3-4,6,8,16H2,1-2H3. The predicted octanol–water partition coefficient (Wildman–Crippen LogP) is 2.39. The minimum Gasteiger partial charge on any atom is -0.494 e. The number of nitrogens with two attached hydrogens (primary N) is 1. The van der Waals surface area contributed by atoms with E-state index in [4.69, 9.17) is 10.5 Å². The summed E-state index contributed by atoms with van der Waals surface area (Å²) in [4.78, 5) is 0. The lowest BCUT2D eigenvalue weighted by atomic mass is 9.92. The molecule has 18 heavy (non-hydrogen) atoms. The normalized spacial score (nSPS) is 18.9. The Hall–Kier alpha value is -1.48. The smallest absolute Gasteiger partial charge is 0.120 e. The van der Waals surface area contributed by atoms with E-state index in [9.17, 15) is 0 Å². The molecule has 2 aromatic rings. The van der Waals surface area contributed by atoms with Crippen molar-refractivity contribution in [3.63, 3.8) is 0 Å². The van der Waals surface area contributed by atoms with Crippen LogP contribution < -0.4 is 10.5 Å². The number of hydrogen-bond donors (Lipinski definition) is 1. The van der Waals surface area contributed by atoms with E-state index < -0.39 is 0 Å². The van der Waals surface area contributed by atoms with Gasteiger partial charge in [-0.05, 0) is 49.9 Å². The first-order valence-corrected chi connectivity index (χ1v) is 6.69. The fraction of sp³-hybridized carbons (Fsp3) is 0.467. The monoisotopic (exact) mass is 244 g/mol. The third-order valence-corrected chi connectivity index (χ3v) is 3.94. The molecule has 0 aliphatic heterocycles. The SMILES string of the molecule is CCOc1ccc2c(c1)c1c(n2C)CCC(N)C1. The molecular weight excluding hydrogens is 224 g/mol. The Bertz CT molecular complexity index is 586. The van der Waals surface area contributed by atoms with Gasteiger partial charge in [-0.2, -0.15) is 0 Å². The van der Waals surface area contributed by atoms with Crippen LogP contribution in [0.2, 0.25) is 0 Å². The van der Waals surface area contributed by atoms with E-state index >= 15 is 0 Å². The van der Waals surface area contributed by atoms with E-state index in [0.717, 1.165) is 25.0 Å². The Morgan fingerprint density at radius 2 is 2.28 bits per heavy atom. The molecular formula is C15H20N2O. The van der Waals surface area contributed by atoms with E-state index in [-0.39, 0.29) is 0 Å². The summed E-state index contributed by atoms with van der Waals surface area (Å²) in [6.07, 6.45) is 3.17. The molecule has 0 spiro atoms. The van der Waals surface area contributed by atoms with E-state index in [2.05, 4.69) is 29.8 Å². The molecule has 0 bridgehead atoms. The van der Waals surface area contributed by atoms with Gasteiger partial charge in [0.2, 0.25) is 0 Å². The van der Waals surface area contributed by atoms with Crippen molar-refractivity contribution in [1.82, 2.24) is 4.57 Å². The fourth-order valence-corrected chi connectivity index (χ4v) is 3.04. The van der Waals surface area contributed by atoms with Crippen LogP contribution in [-0.2, 0) is 19.9 Å². The minimum atomic E-state index is 0.304. The molecule has 1 aromatic heterocycles. The maximum atomic E-state index is 6.11. The molecule has 1 aliphatic rings. The number of hydrogen-bond acceptors (Lipinski definition) is 2. The molecule has 0 radical (unpaired) electrons. The van der Waals surface area contributed by atoms with E-state index in [0.29, 0.717) is 12.6 Å². The summed E-state index contributed by atoms with van der Waals surface area (Å²) in [5, 5.41) is 1.31. The summed E-state index contributed by atoms with van der Waals surface area (Å²) >= 11 is 0. The van der Waals surface area contributed by atoms with Crippen LogP contribution in [0.4, 0.5) is 0 Å². The molecule has 1 aliphatic carbocycles. The Labute approximate surface area is 108 Å². The number of ether oxygens (including phenoxy) is 1. The van der Waals surface area contributed by atoms with Crippen molar-refractivity contribution in [2.24, 2.45) is 12.8 Å². The third-order valence-electron chi connectivity index (χ3n) is 3.94. The molecule has 1 heterocycles. The lowest BCUT2D eigenvalue weighted by Gasteiger charge is -2.19. The number of aryl methyl sites for hydroxylation is 1. The predicted molar refractivity (Wildman–Crippen MR) is 74.1 cm³/mol. The Morgan fingerprint density at radius 3 is 3.06 bits per heavy atom. The van der Waals surface area contributed by atoms with Crippen molar-refractivity contribution < 1.29 is 4.74 Å². The van der Waals surface area contributed by atoms with Crippen LogP contribution in [0.1, 0.15) is 24.6 Å². The molecule has 1 aromatic carbocycles. The zero-order chi connectivity index (χ0) is 12.7. The zero-order valence-corrected chi connectivity index (χ0v) is 11.1. The summed E-state index contributed by atoms with van der Waals surface area (Å²) in [6.45, 7) is 2.72.